The van der Waals surface area contributed by atoms with Crippen molar-refractivity contribution in [2.75, 3.05) is 6.54 Å². The van der Waals surface area contributed by atoms with Gasteiger partial charge in [0.05, 0.1) is 10.0 Å². The molecule has 1 unspecified atom stereocenters. The number of hydrogen-bond donors (Lipinski definition) is 1. The molecule has 0 amide bonds. The smallest absolute Gasteiger partial charge is 0.0595 e. The first-order chi connectivity index (χ1) is 8.60. The number of nitrogens with two attached hydrogens (primary N) is 1. The Morgan fingerprint density at radius 3 is 2.61 bits per heavy atom. The van der Waals surface area contributed by atoms with Crippen LogP contribution in [0.15, 0.2) is 29.8 Å². The second-order valence-corrected chi connectivity index (χ2v) is 5.35. The molecular formula is C15H21Cl2N. The van der Waals surface area contributed by atoms with Gasteiger partial charge in [-0.15, -0.1) is 0 Å². The van der Waals surface area contributed by atoms with E-state index in [0.29, 0.717) is 22.5 Å². The first-order valence-corrected chi connectivity index (χ1v) is 7.17. The summed E-state index contributed by atoms with van der Waals surface area (Å²) in [5, 5.41) is 1.21. The lowest BCUT2D eigenvalue weighted by Gasteiger charge is -2.18. The van der Waals surface area contributed by atoms with Gasteiger partial charge >= 0.3 is 0 Å². The molecule has 18 heavy (non-hydrogen) atoms. The average molecular weight is 286 g/mol. The van der Waals surface area contributed by atoms with Crippen LogP contribution in [0.3, 0.4) is 0 Å². The van der Waals surface area contributed by atoms with E-state index in [1.165, 1.54) is 11.1 Å². The minimum Gasteiger partial charge on any atom is -0.330 e. The summed E-state index contributed by atoms with van der Waals surface area (Å²) in [7, 11) is 0. The zero-order valence-corrected chi connectivity index (χ0v) is 12.6. The van der Waals surface area contributed by atoms with Crippen molar-refractivity contribution in [1.82, 2.24) is 0 Å². The quantitative estimate of drug-likeness (QED) is 0.717. The monoisotopic (exact) mass is 285 g/mol. The Bertz CT molecular complexity index is 413. The number of unbranched alkanes of at least 4 members (excludes halogenated alkanes) is 1. The largest absolute Gasteiger partial charge is 0.330 e. The van der Waals surface area contributed by atoms with Gasteiger partial charge < -0.3 is 5.73 Å². The first-order valence-electron chi connectivity index (χ1n) is 6.41. The molecule has 100 valence electrons. The summed E-state index contributed by atoms with van der Waals surface area (Å²) in [6, 6.07) is 5.85. The minimum atomic E-state index is 0.344. The van der Waals surface area contributed by atoms with Gasteiger partial charge in [-0.3, -0.25) is 0 Å². The van der Waals surface area contributed by atoms with Gasteiger partial charge in [-0.1, -0.05) is 54.3 Å². The summed E-state index contributed by atoms with van der Waals surface area (Å²) in [5.74, 6) is 0.344. The summed E-state index contributed by atoms with van der Waals surface area (Å²) >= 11 is 12.0. The number of rotatable bonds is 6. The molecule has 0 saturated carbocycles. The molecule has 0 aromatic heterocycles. The summed E-state index contributed by atoms with van der Waals surface area (Å²) in [6.07, 6.45) is 5.50. The van der Waals surface area contributed by atoms with Crippen molar-refractivity contribution in [3.05, 3.63) is 45.5 Å². The van der Waals surface area contributed by atoms with Gasteiger partial charge in [-0.25, -0.2) is 0 Å². The Kier molecular flexibility index (Phi) is 6.77. The summed E-state index contributed by atoms with van der Waals surface area (Å²) in [5.41, 5.74) is 8.27. The predicted molar refractivity (Wildman–Crippen MR) is 81.5 cm³/mol. The molecule has 0 aliphatic carbocycles. The van der Waals surface area contributed by atoms with Gasteiger partial charge in [-0.05, 0) is 44.0 Å². The van der Waals surface area contributed by atoms with Crippen molar-refractivity contribution in [2.45, 2.75) is 39.0 Å². The number of halogens is 2. The first kappa shape index (κ1) is 15.6. The van der Waals surface area contributed by atoms with Crippen LogP contribution in [0.1, 0.15) is 44.6 Å². The normalized spacial score (nSPS) is 13.7. The zero-order valence-electron chi connectivity index (χ0n) is 11.0. The van der Waals surface area contributed by atoms with Gasteiger partial charge in [-0.2, -0.15) is 0 Å². The second kappa shape index (κ2) is 7.83. The SMILES string of the molecule is CCC/C=C(/C)C(CCN)c1ccc(Cl)c(Cl)c1. The third kappa shape index (κ3) is 4.31. The van der Waals surface area contributed by atoms with Crippen LogP contribution in [0, 0.1) is 0 Å². The number of hydrogen-bond acceptors (Lipinski definition) is 1. The van der Waals surface area contributed by atoms with Gasteiger partial charge in [0.15, 0.2) is 0 Å². The molecule has 0 fully saturated rings. The fourth-order valence-electron chi connectivity index (χ4n) is 2.07. The van der Waals surface area contributed by atoms with Gasteiger partial charge in [0, 0.05) is 5.92 Å². The van der Waals surface area contributed by atoms with Crippen molar-refractivity contribution >= 4 is 23.2 Å². The van der Waals surface area contributed by atoms with E-state index in [9.17, 15) is 0 Å². The van der Waals surface area contributed by atoms with Crippen molar-refractivity contribution in [2.24, 2.45) is 5.73 Å². The Labute approximate surface area is 120 Å². The summed E-state index contributed by atoms with van der Waals surface area (Å²) in [4.78, 5) is 0. The molecule has 1 aromatic rings. The predicted octanol–water partition coefficient (Wildman–Crippen LogP) is 5.17. The molecule has 0 spiro atoms. The van der Waals surface area contributed by atoms with Crippen LogP contribution in [-0.2, 0) is 0 Å². The van der Waals surface area contributed by atoms with Crippen molar-refractivity contribution < 1.29 is 0 Å². The Morgan fingerprint density at radius 2 is 2.06 bits per heavy atom. The molecule has 0 bridgehead atoms. The molecule has 3 heteroatoms. The third-order valence-electron chi connectivity index (χ3n) is 3.11. The van der Waals surface area contributed by atoms with Crippen molar-refractivity contribution in [3.8, 4) is 0 Å². The standard InChI is InChI=1S/C15H21Cl2N/c1-3-4-5-11(2)13(8-9-18)12-6-7-14(16)15(17)10-12/h5-7,10,13H,3-4,8-9,18H2,1-2H3/b11-5-. The van der Waals surface area contributed by atoms with E-state index in [4.69, 9.17) is 28.9 Å². The van der Waals surface area contributed by atoms with E-state index in [1.54, 1.807) is 0 Å². The van der Waals surface area contributed by atoms with Crippen LogP contribution in [0.4, 0.5) is 0 Å². The Hall–Kier alpha value is -0.500. The second-order valence-electron chi connectivity index (χ2n) is 4.54. The molecule has 0 saturated heterocycles. The third-order valence-corrected chi connectivity index (χ3v) is 3.85. The highest BCUT2D eigenvalue weighted by Gasteiger charge is 2.13. The van der Waals surface area contributed by atoms with Crippen LogP contribution < -0.4 is 5.73 Å². The van der Waals surface area contributed by atoms with Crippen LogP contribution in [0.25, 0.3) is 0 Å². The molecule has 1 rings (SSSR count). The molecule has 2 N–H and O–H groups in total. The Morgan fingerprint density at radius 1 is 1.33 bits per heavy atom. The summed E-state index contributed by atoms with van der Waals surface area (Å²) in [6.45, 7) is 5.02. The molecular weight excluding hydrogens is 265 g/mol. The van der Waals surface area contributed by atoms with E-state index >= 15 is 0 Å². The highest BCUT2D eigenvalue weighted by Crippen LogP contribution is 2.32. The zero-order chi connectivity index (χ0) is 13.5. The lowest BCUT2D eigenvalue weighted by molar-refractivity contribution is 0.707. The molecule has 1 aromatic carbocycles. The van der Waals surface area contributed by atoms with Gasteiger partial charge in [0.2, 0.25) is 0 Å². The number of benzene rings is 1. The lowest BCUT2D eigenvalue weighted by Crippen LogP contribution is -2.08. The van der Waals surface area contributed by atoms with Crippen LogP contribution in [0.2, 0.25) is 10.0 Å². The van der Waals surface area contributed by atoms with Gasteiger partial charge in [0.25, 0.3) is 0 Å². The van der Waals surface area contributed by atoms with Crippen molar-refractivity contribution in [3.63, 3.8) is 0 Å². The Balaban J connectivity index is 2.99. The molecule has 0 heterocycles. The number of allylic oxidation sites excluding steroid dienone is 2. The van der Waals surface area contributed by atoms with E-state index < -0.39 is 0 Å². The lowest BCUT2D eigenvalue weighted by atomic mass is 9.88. The van der Waals surface area contributed by atoms with E-state index in [2.05, 4.69) is 19.9 Å². The van der Waals surface area contributed by atoms with Gasteiger partial charge in [0.1, 0.15) is 0 Å². The maximum Gasteiger partial charge on any atom is 0.0595 e. The molecule has 1 atom stereocenters. The molecule has 0 aliphatic rings. The molecule has 0 radical (unpaired) electrons. The van der Waals surface area contributed by atoms with Crippen LogP contribution >= 0.6 is 23.2 Å². The minimum absolute atomic E-state index is 0.344. The molecule has 0 aliphatic heterocycles. The van der Waals surface area contributed by atoms with E-state index in [0.717, 1.165) is 19.3 Å². The van der Waals surface area contributed by atoms with Crippen LogP contribution in [0.5, 0.6) is 0 Å². The van der Waals surface area contributed by atoms with E-state index in [1.807, 2.05) is 18.2 Å². The maximum absolute atomic E-state index is 6.08. The summed E-state index contributed by atoms with van der Waals surface area (Å²) < 4.78 is 0. The topological polar surface area (TPSA) is 26.0 Å². The average Bonchev–Trinajstić information content (AvgIpc) is 2.36. The van der Waals surface area contributed by atoms with Crippen LogP contribution in [-0.4, -0.2) is 6.54 Å². The molecule has 1 nitrogen and oxygen atoms in total. The fraction of sp³-hybridized carbons (Fsp3) is 0.467. The van der Waals surface area contributed by atoms with E-state index in [-0.39, 0.29) is 0 Å². The highest BCUT2D eigenvalue weighted by atomic mass is 35.5. The van der Waals surface area contributed by atoms with Crippen molar-refractivity contribution in [1.29, 1.82) is 0 Å². The maximum atomic E-state index is 6.08. The fourth-order valence-corrected chi connectivity index (χ4v) is 2.37. The highest BCUT2D eigenvalue weighted by molar-refractivity contribution is 6.42.